The van der Waals surface area contributed by atoms with Gasteiger partial charge in [0.25, 0.3) is 0 Å². The van der Waals surface area contributed by atoms with Crippen LogP contribution >= 0.6 is 23.1 Å². The molecular weight excluding hydrogens is 408 g/mol. The molecule has 0 bridgehead atoms. The number of carbonyl (C=O) groups is 2. The minimum Gasteiger partial charge on any atom is -0.497 e. The molecule has 0 fully saturated rings. The van der Waals surface area contributed by atoms with Crippen molar-refractivity contribution in [3.8, 4) is 5.75 Å². The number of thioether (sulfide) groups is 1. The third-order valence-electron chi connectivity index (χ3n) is 4.05. The first-order chi connectivity index (χ1) is 14.1. The number of hydrogen-bond acceptors (Lipinski definition) is 6. The van der Waals surface area contributed by atoms with Gasteiger partial charge in [-0.05, 0) is 43.3 Å². The minimum atomic E-state index is -0.347. The van der Waals surface area contributed by atoms with Gasteiger partial charge in [-0.25, -0.2) is 0 Å². The molecular formula is C21H22N2O4S2. The molecule has 0 radical (unpaired) electrons. The number of hydrogen-bond donors (Lipinski definition) is 0. The van der Waals surface area contributed by atoms with Gasteiger partial charge in [0, 0.05) is 17.1 Å². The molecule has 2 aromatic carbocycles. The molecule has 3 rings (SSSR count). The number of nitrogens with zero attached hydrogens (tertiary/aromatic N) is 2. The van der Waals surface area contributed by atoms with Crippen LogP contribution in [-0.4, -0.2) is 35.9 Å². The van der Waals surface area contributed by atoms with Crippen LogP contribution in [0.2, 0.25) is 0 Å². The third-order valence-corrected chi connectivity index (χ3v) is 6.12. The van der Waals surface area contributed by atoms with Crippen molar-refractivity contribution in [1.29, 1.82) is 0 Å². The van der Waals surface area contributed by atoms with Gasteiger partial charge >= 0.3 is 5.97 Å². The van der Waals surface area contributed by atoms with Crippen molar-refractivity contribution in [2.24, 2.45) is 4.99 Å². The van der Waals surface area contributed by atoms with Crippen molar-refractivity contribution in [3.05, 3.63) is 53.3 Å². The van der Waals surface area contributed by atoms with Crippen LogP contribution in [0.3, 0.4) is 0 Å². The average molecular weight is 431 g/mol. The van der Waals surface area contributed by atoms with E-state index in [-0.39, 0.29) is 18.4 Å². The van der Waals surface area contributed by atoms with Gasteiger partial charge in [0.1, 0.15) is 12.3 Å². The standard InChI is InChI=1S/C21H22N2O4S2/c1-3-27-20(25)14-23-17-6-4-5-7-18(17)29-21(23)22-19(24)12-13-28-16-10-8-15(26-2)9-11-16/h4-11H,3,12-14H2,1-2H3. The molecule has 1 aromatic heterocycles. The van der Waals surface area contributed by atoms with Crippen LogP contribution < -0.4 is 9.54 Å². The van der Waals surface area contributed by atoms with Crippen molar-refractivity contribution in [2.75, 3.05) is 19.5 Å². The van der Waals surface area contributed by atoms with E-state index in [1.165, 1.54) is 11.3 Å². The number of aromatic nitrogens is 1. The lowest BCUT2D eigenvalue weighted by Crippen LogP contribution is -2.23. The van der Waals surface area contributed by atoms with E-state index in [4.69, 9.17) is 9.47 Å². The highest BCUT2D eigenvalue weighted by atomic mass is 32.2. The lowest BCUT2D eigenvalue weighted by atomic mass is 10.3. The van der Waals surface area contributed by atoms with Gasteiger partial charge in [0.2, 0.25) is 5.91 Å². The number of para-hydroxylation sites is 1. The predicted molar refractivity (Wildman–Crippen MR) is 115 cm³/mol. The third kappa shape index (κ3) is 5.71. The fourth-order valence-electron chi connectivity index (χ4n) is 2.69. The van der Waals surface area contributed by atoms with Crippen molar-refractivity contribution in [2.45, 2.75) is 24.8 Å². The quantitative estimate of drug-likeness (QED) is 0.401. The molecule has 0 atom stereocenters. The number of carbonyl (C=O) groups excluding carboxylic acids is 2. The predicted octanol–water partition coefficient (Wildman–Crippen LogP) is 3.88. The molecule has 0 saturated heterocycles. The van der Waals surface area contributed by atoms with E-state index in [1.54, 1.807) is 30.4 Å². The normalized spacial score (nSPS) is 11.6. The second kappa shape index (κ2) is 10.3. The smallest absolute Gasteiger partial charge is 0.326 e. The Morgan fingerprint density at radius 3 is 2.62 bits per heavy atom. The number of esters is 1. The van der Waals surface area contributed by atoms with Crippen molar-refractivity contribution >= 4 is 45.2 Å². The van der Waals surface area contributed by atoms with Gasteiger partial charge in [0.05, 0.1) is 23.9 Å². The molecule has 152 valence electrons. The van der Waals surface area contributed by atoms with E-state index >= 15 is 0 Å². The van der Waals surface area contributed by atoms with Crippen molar-refractivity contribution in [1.82, 2.24) is 4.57 Å². The number of thiazole rings is 1. The Morgan fingerprint density at radius 2 is 1.90 bits per heavy atom. The van der Waals surface area contributed by atoms with E-state index in [1.807, 2.05) is 48.5 Å². The van der Waals surface area contributed by atoms with Gasteiger partial charge < -0.3 is 14.0 Å². The van der Waals surface area contributed by atoms with Crippen LogP contribution in [0, 0.1) is 0 Å². The molecule has 0 saturated carbocycles. The summed E-state index contributed by atoms with van der Waals surface area (Å²) in [7, 11) is 1.63. The molecule has 1 heterocycles. The summed E-state index contributed by atoms with van der Waals surface area (Å²) in [6.07, 6.45) is 0.310. The number of methoxy groups -OCH3 is 1. The first kappa shape index (κ1) is 21.1. The maximum Gasteiger partial charge on any atom is 0.326 e. The molecule has 29 heavy (non-hydrogen) atoms. The van der Waals surface area contributed by atoms with Crippen molar-refractivity contribution < 1.29 is 19.1 Å². The Balaban J connectivity index is 1.72. The summed E-state index contributed by atoms with van der Waals surface area (Å²) in [5, 5.41) is 0. The lowest BCUT2D eigenvalue weighted by Gasteiger charge is -2.05. The number of fused-ring (bicyclic) bond motifs is 1. The van der Waals surface area contributed by atoms with Gasteiger partial charge in [-0.2, -0.15) is 4.99 Å². The number of amides is 1. The zero-order valence-electron chi connectivity index (χ0n) is 16.3. The van der Waals surface area contributed by atoms with E-state index in [0.29, 0.717) is 23.6 Å². The lowest BCUT2D eigenvalue weighted by molar-refractivity contribution is -0.143. The summed E-state index contributed by atoms with van der Waals surface area (Å²) < 4.78 is 12.9. The van der Waals surface area contributed by atoms with Gasteiger partial charge in [-0.3, -0.25) is 9.59 Å². The topological polar surface area (TPSA) is 69.9 Å². The molecule has 0 aliphatic carbocycles. The SMILES string of the molecule is CCOC(=O)Cn1c(=NC(=O)CCSc2ccc(OC)cc2)sc2ccccc21. The first-order valence-corrected chi connectivity index (χ1v) is 11.0. The second-order valence-electron chi connectivity index (χ2n) is 6.02. The molecule has 0 aliphatic heterocycles. The van der Waals surface area contributed by atoms with Crippen LogP contribution in [0.1, 0.15) is 13.3 Å². The maximum atomic E-state index is 12.4. The fourth-order valence-corrected chi connectivity index (χ4v) is 4.57. The monoisotopic (exact) mass is 430 g/mol. The molecule has 1 amide bonds. The Morgan fingerprint density at radius 1 is 1.14 bits per heavy atom. The summed E-state index contributed by atoms with van der Waals surface area (Å²) in [6.45, 7) is 2.11. The fraction of sp³-hybridized carbons (Fsp3) is 0.286. The Bertz CT molecular complexity index is 1050. The Labute approximate surface area is 177 Å². The van der Waals surface area contributed by atoms with Crippen LogP contribution in [0.25, 0.3) is 10.2 Å². The Kier molecular flexibility index (Phi) is 7.48. The van der Waals surface area contributed by atoms with Gasteiger partial charge in [-0.1, -0.05) is 23.5 Å². The molecule has 0 N–H and O–H groups in total. The number of ether oxygens (including phenoxy) is 2. The van der Waals surface area contributed by atoms with Gasteiger partial charge in [-0.15, -0.1) is 11.8 Å². The zero-order chi connectivity index (χ0) is 20.6. The summed E-state index contributed by atoms with van der Waals surface area (Å²) in [6, 6.07) is 15.4. The highest BCUT2D eigenvalue weighted by molar-refractivity contribution is 7.99. The molecule has 0 spiro atoms. The zero-order valence-corrected chi connectivity index (χ0v) is 17.9. The van der Waals surface area contributed by atoms with E-state index in [0.717, 1.165) is 20.9 Å². The summed E-state index contributed by atoms with van der Waals surface area (Å²) >= 11 is 2.98. The molecule has 8 heteroatoms. The highest BCUT2D eigenvalue weighted by Crippen LogP contribution is 2.22. The highest BCUT2D eigenvalue weighted by Gasteiger charge is 2.12. The molecule has 6 nitrogen and oxygen atoms in total. The maximum absolute atomic E-state index is 12.4. The van der Waals surface area contributed by atoms with E-state index in [2.05, 4.69) is 4.99 Å². The van der Waals surface area contributed by atoms with Crippen LogP contribution in [0.4, 0.5) is 0 Å². The molecule has 0 unspecified atom stereocenters. The molecule has 3 aromatic rings. The van der Waals surface area contributed by atoms with E-state index in [9.17, 15) is 9.59 Å². The summed E-state index contributed by atoms with van der Waals surface area (Å²) in [4.78, 5) is 30.3. The van der Waals surface area contributed by atoms with Crippen molar-refractivity contribution in [3.63, 3.8) is 0 Å². The summed E-state index contributed by atoms with van der Waals surface area (Å²) in [5.41, 5.74) is 0.865. The molecule has 0 aliphatic rings. The van der Waals surface area contributed by atoms with Gasteiger partial charge in [0.15, 0.2) is 4.80 Å². The number of rotatable bonds is 8. The van der Waals surface area contributed by atoms with E-state index < -0.39 is 0 Å². The summed E-state index contributed by atoms with van der Waals surface area (Å²) in [5.74, 6) is 0.865. The Hall–Kier alpha value is -2.58. The van der Waals surface area contributed by atoms with Crippen LogP contribution in [0.15, 0.2) is 58.4 Å². The minimum absolute atomic E-state index is 0.0323. The second-order valence-corrected chi connectivity index (χ2v) is 8.20. The number of benzene rings is 2. The first-order valence-electron chi connectivity index (χ1n) is 9.19. The largest absolute Gasteiger partial charge is 0.497 e. The van der Waals surface area contributed by atoms with Crippen LogP contribution in [-0.2, 0) is 20.9 Å². The average Bonchev–Trinajstić information content (AvgIpc) is 3.05. The van der Waals surface area contributed by atoms with Crippen LogP contribution in [0.5, 0.6) is 5.75 Å².